The average Bonchev–Trinajstić information content (AvgIpc) is 2.69. The zero-order valence-corrected chi connectivity index (χ0v) is 18.3. The highest BCUT2D eigenvalue weighted by molar-refractivity contribution is 7.92. The third-order valence-electron chi connectivity index (χ3n) is 5.35. The number of benzene rings is 2. The summed E-state index contributed by atoms with van der Waals surface area (Å²) in [6.07, 6.45) is 0. The van der Waals surface area contributed by atoms with Crippen LogP contribution in [0, 0.1) is 13.8 Å². The van der Waals surface area contributed by atoms with Crippen LogP contribution in [0.2, 0.25) is 0 Å². The molecule has 3 rings (SSSR count). The van der Waals surface area contributed by atoms with Gasteiger partial charge in [0.25, 0.3) is 15.9 Å². The monoisotopic (exact) mass is 415 g/mol. The van der Waals surface area contributed by atoms with Crippen molar-refractivity contribution in [3.05, 3.63) is 59.2 Å². The van der Waals surface area contributed by atoms with E-state index in [0.29, 0.717) is 35.9 Å². The molecule has 0 spiro atoms. The second-order valence-corrected chi connectivity index (χ2v) is 9.52. The summed E-state index contributed by atoms with van der Waals surface area (Å²) < 4.78 is 28.1. The molecule has 0 unspecified atom stereocenters. The molecule has 1 heterocycles. The maximum atomic E-state index is 12.7. The molecular weight excluding hydrogens is 386 g/mol. The molecule has 1 aliphatic rings. The number of carbonyl (C=O) groups excluding carboxylic acids is 1. The van der Waals surface area contributed by atoms with Gasteiger partial charge in [-0.15, -0.1) is 0 Å². The first-order valence-electron chi connectivity index (χ1n) is 9.91. The Morgan fingerprint density at radius 3 is 2.17 bits per heavy atom. The van der Waals surface area contributed by atoms with Crippen molar-refractivity contribution in [3.63, 3.8) is 0 Å². The number of sulfonamides is 1. The Morgan fingerprint density at radius 1 is 0.966 bits per heavy atom. The SMILES string of the molecule is Cc1ccc(C)c(S(=O)(=O)Nc2ccc(C(=O)N3CCN(C(C)C)CC3)cc2)c1. The molecule has 156 valence electrons. The quantitative estimate of drug-likeness (QED) is 0.814. The molecule has 6 nitrogen and oxygen atoms in total. The lowest BCUT2D eigenvalue weighted by Crippen LogP contribution is -2.50. The molecule has 0 aromatic heterocycles. The van der Waals surface area contributed by atoms with Crippen LogP contribution in [-0.4, -0.2) is 56.3 Å². The molecule has 1 saturated heterocycles. The van der Waals surface area contributed by atoms with E-state index >= 15 is 0 Å². The first-order valence-corrected chi connectivity index (χ1v) is 11.4. The Balaban J connectivity index is 1.69. The molecule has 1 N–H and O–H groups in total. The number of hydrogen-bond donors (Lipinski definition) is 1. The normalized spacial score (nSPS) is 15.6. The molecule has 1 amide bonds. The molecule has 0 aliphatic carbocycles. The summed E-state index contributed by atoms with van der Waals surface area (Å²) in [5, 5.41) is 0. The molecule has 29 heavy (non-hydrogen) atoms. The van der Waals surface area contributed by atoms with E-state index in [0.717, 1.165) is 18.7 Å². The standard InChI is InChI=1S/C22H29N3O3S/c1-16(2)24-11-13-25(14-12-24)22(26)19-7-9-20(10-8-19)23-29(27,28)21-15-17(3)5-6-18(21)4/h5-10,15-16,23H,11-14H2,1-4H3. The first kappa shape index (κ1) is 21.3. The van der Waals surface area contributed by atoms with E-state index in [9.17, 15) is 13.2 Å². The summed E-state index contributed by atoms with van der Waals surface area (Å²) >= 11 is 0. The maximum Gasteiger partial charge on any atom is 0.262 e. The van der Waals surface area contributed by atoms with Gasteiger partial charge in [0.1, 0.15) is 0 Å². The fourth-order valence-electron chi connectivity index (χ4n) is 3.51. The fraction of sp³-hybridized carbons (Fsp3) is 0.409. The number of piperazine rings is 1. The van der Waals surface area contributed by atoms with Crippen LogP contribution < -0.4 is 4.72 Å². The Bertz CT molecular complexity index is 977. The molecule has 2 aromatic rings. The van der Waals surface area contributed by atoms with Crippen LogP contribution in [0.5, 0.6) is 0 Å². The second kappa shape index (κ2) is 8.55. The minimum absolute atomic E-state index is 0.0164. The predicted octanol–water partition coefficient (Wildman–Crippen LogP) is 3.27. The minimum Gasteiger partial charge on any atom is -0.336 e. The zero-order valence-electron chi connectivity index (χ0n) is 17.5. The van der Waals surface area contributed by atoms with Crippen LogP contribution >= 0.6 is 0 Å². The lowest BCUT2D eigenvalue weighted by molar-refractivity contribution is 0.0595. The number of anilines is 1. The van der Waals surface area contributed by atoms with Crippen LogP contribution in [0.4, 0.5) is 5.69 Å². The fourth-order valence-corrected chi connectivity index (χ4v) is 4.90. The van der Waals surface area contributed by atoms with Crippen LogP contribution in [0.1, 0.15) is 35.3 Å². The van der Waals surface area contributed by atoms with Gasteiger partial charge in [-0.2, -0.15) is 0 Å². The summed E-state index contributed by atoms with van der Waals surface area (Å²) in [4.78, 5) is 17.2. The number of amides is 1. The van der Waals surface area contributed by atoms with Crippen molar-refractivity contribution in [1.29, 1.82) is 0 Å². The Labute approximate surface area is 173 Å². The van der Waals surface area contributed by atoms with Gasteiger partial charge in [-0.3, -0.25) is 14.4 Å². The Kier molecular flexibility index (Phi) is 6.29. The number of carbonyl (C=O) groups is 1. The highest BCUT2D eigenvalue weighted by atomic mass is 32.2. The van der Waals surface area contributed by atoms with Gasteiger partial charge < -0.3 is 4.90 Å². The largest absolute Gasteiger partial charge is 0.336 e. The van der Waals surface area contributed by atoms with Crippen LogP contribution in [0.15, 0.2) is 47.4 Å². The van der Waals surface area contributed by atoms with Gasteiger partial charge in [-0.25, -0.2) is 8.42 Å². The average molecular weight is 416 g/mol. The van der Waals surface area contributed by atoms with E-state index in [1.807, 2.05) is 17.9 Å². The maximum absolute atomic E-state index is 12.7. The summed E-state index contributed by atoms with van der Waals surface area (Å²) in [5.41, 5.74) is 2.58. The number of aryl methyl sites for hydroxylation is 2. The molecule has 2 aromatic carbocycles. The number of nitrogens with zero attached hydrogens (tertiary/aromatic N) is 2. The van der Waals surface area contributed by atoms with Crippen LogP contribution in [-0.2, 0) is 10.0 Å². The molecule has 7 heteroatoms. The molecule has 1 aliphatic heterocycles. The van der Waals surface area contributed by atoms with Gasteiger partial charge in [-0.1, -0.05) is 12.1 Å². The second-order valence-electron chi connectivity index (χ2n) is 7.87. The van der Waals surface area contributed by atoms with E-state index < -0.39 is 10.0 Å². The van der Waals surface area contributed by atoms with Crippen molar-refractivity contribution >= 4 is 21.6 Å². The van der Waals surface area contributed by atoms with Crippen molar-refractivity contribution in [1.82, 2.24) is 9.80 Å². The van der Waals surface area contributed by atoms with Crippen molar-refractivity contribution in [3.8, 4) is 0 Å². The van der Waals surface area contributed by atoms with Crippen LogP contribution in [0.3, 0.4) is 0 Å². The molecule has 0 bridgehead atoms. The zero-order chi connectivity index (χ0) is 21.2. The third kappa shape index (κ3) is 4.97. The van der Waals surface area contributed by atoms with Crippen molar-refractivity contribution in [2.75, 3.05) is 30.9 Å². The number of rotatable bonds is 5. The van der Waals surface area contributed by atoms with Crippen molar-refractivity contribution in [2.45, 2.75) is 38.6 Å². The topological polar surface area (TPSA) is 69.7 Å². The predicted molar refractivity (Wildman–Crippen MR) is 116 cm³/mol. The molecular formula is C22H29N3O3S. The molecule has 1 fully saturated rings. The summed E-state index contributed by atoms with van der Waals surface area (Å²) in [5.74, 6) is -0.0164. The van der Waals surface area contributed by atoms with E-state index in [2.05, 4.69) is 23.5 Å². The van der Waals surface area contributed by atoms with Gasteiger partial charge in [0.05, 0.1) is 4.90 Å². The van der Waals surface area contributed by atoms with Gasteiger partial charge in [0.15, 0.2) is 0 Å². The molecule has 0 saturated carbocycles. The summed E-state index contributed by atoms with van der Waals surface area (Å²) in [6, 6.07) is 12.5. The number of nitrogens with one attached hydrogen (secondary N) is 1. The smallest absolute Gasteiger partial charge is 0.262 e. The highest BCUT2D eigenvalue weighted by Crippen LogP contribution is 2.21. The van der Waals surface area contributed by atoms with Gasteiger partial charge in [0.2, 0.25) is 0 Å². The lowest BCUT2D eigenvalue weighted by Gasteiger charge is -2.37. The number of hydrogen-bond acceptors (Lipinski definition) is 4. The van der Waals surface area contributed by atoms with Gasteiger partial charge >= 0.3 is 0 Å². The molecule has 0 atom stereocenters. The molecule has 0 radical (unpaired) electrons. The summed E-state index contributed by atoms with van der Waals surface area (Å²) in [6.45, 7) is 11.1. The van der Waals surface area contributed by atoms with Crippen LogP contribution in [0.25, 0.3) is 0 Å². The third-order valence-corrected chi connectivity index (χ3v) is 6.87. The van der Waals surface area contributed by atoms with Crippen molar-refractivity contribution in [2.24, 2.45) is 0 Å². The van der Waals surface area contributed by atoms with E-state index in [-0.39, 0.29) is 10.8 Å². The van der Waals surface area contributed by atoms with E-state index in [1.54, 1.807) is 43.3 Å². The first-order chi connectivity index (χ1) is 13.7. The Hall–Kier alpha value is -2.38. The Morgan fingerprint density at radius 2 is 1.59 bits per heavy atom. The van der Waals surface area contributed by atoms with Gasteiger partial charge in [-0.05, 0) is 69.2 Å². The highest BCUT2D eigenvalue weighted by Gasteiger charge is 2.23. The van der Waals surface area contributed by atoms with E-state index in [1.165, 1.54) is 0 Å². The van der Waals surface area contributed by atoms with E-state index in [4.69, 9.17) is 0 Å². The lowest BCUT2D eigenvalue weighted by atomic mass is 10.1. The minimum atomic E-state index is -3.69. The van der Waals surface area contributed by atoms with Crippen molar-refractivity contribution < 1.29 is 13.2 Å². The summed E-state index contributed by atoms with van der Waals surface area (Å²) in [7, 11) is -3.69. The van der Waals surface area contributed by atoms with Gasteiger partial charge in [0, 0.05) is 43.5 Å².